The van der Waals surface area contributed by atoms with Gasteiger partial charge in [-0.05, 0) is 25.1 Å². The van der Waals surface area contributed by atoms with Crippen molar-refractivity contribution in [2.75, 3.05) is 13.7 Å². The van der Waals surface area contributed by atoms with E-state index in [-0.39, 0.29) is 17.2 Å². The lowest BCUT2D eigenvalue weighted by Gasteiger charge is -2.10. The van der Waals surface area contributed by atoms with Gasteiger partial charge in [-0.1, -0.05) is 11.6 Å². The number of aromatic nitrogens is 2. The number of ether oxygens (including phenoxy) is 1. The minimum atomic E-state index is -3.68. The van der Waals surface area contributed by atoms with Gasteiger partial charge in [0.1, 0.15) is 16.5 Å². The van der Waals surface area contributed by atoms with E-state index in [0.29, 0.717) is 11.4 Å². The number of nitrogens with one attached hydrogen (secondary N) is 2. The molecule has 114 valence electrons. The van der Waals surface area contributed by atoms with E-state index in [2.05, 4.69) is 14.7 Å². The SMILES string of the molecule is COc1ccc(Cl)cc1S(=O)(=O)NCCc1cnc(C)[nH]1. The Morgan fingerprint density at radius 2 is 2.19 bits per heavy atom. The summed E-state index contributed by atoms with van der Waals surface area (Å²) < 4.78 is 32.1. The second-order valence-electron chi connectivity index (χ2n) is 4.44. The third-order valence-electron chi connectivity index (χ3n) is 2.86. The molecule has 2 rings (SSSR count). The second kappa shape index (κ2) is 6.46. The van der Waals surface area contributed by atoms with Gasteiger partial charge in [0, 0.05) is 29.9 Å². The van der Waals surface area contributed by atoms with Crippen LogP contribution in [0, 0.1) is 6.92 Å². The van der Waals surface area contributed by atoms with Gasteiger partial charge in [-0.2, -0.15) is 0 Å². The standard InChI is InChI=1S/C13H16ClN3O3S/c1-9-15-8-11(17-9)5-6-16-21(18,19)13-7-10(14)3-4-12(13)20-2/h3-4,7-8,16H,5-6H2,1-2H3,(H,15,17). The number of H-pyrrole nitrogens is 1. The van der Waals surface area contributed by atoms with Crippen LogP contribution in [0.1, 0.15) is 11.5 Å². The van der Waals surface area contributed by atoms with Crippen LogP contribution in [0.3, 0.4) is 0 Å². The summed E-state index contributed by atoms with van der Waals surface area (Å²) >= 11 is 5.85. The minimum absolute atomic E-state index is 0.0262. The van der Waals surface area contributed by atoms with E-state index in [9.17, 15) is 8.42 Å². The molecular formula is C13H16ClN3O3S. The maximum Gasteiger partial charge on any atom is 0.244 e. The molecule has 1 aromatic heterocycles. The Hall–Kier alpha value is -1.57. The second-order valence-corrected chi connectivity index (χ2v) is 6.61. The first-order valence-electron chi connectivity index (χ1n) is 6.26. The molecule has 0 aliphatic carbocycles. The quantitative estimate of drug-likeness (QED) is 0.847. The van der Waals surface area contributed by atoms with Gasteiger partial charge in [-0.15, -0.1) is 0 Å². The van der Waals surface area contributed by atoms with Crippen LogP contribution in [0.4, 0.5) is 0 Å². The van der Waals surface area contributed by atoms with Crippen LogP contribution in [-0.2, 0) is 16.4 Å². The first kappa shape index (κ1) is 15.8. The van der Waals surface area contributed by atoms with Crippen LogP contribution in [0.25, 0.3) is 0 Å². The van der Waals surface area contributed by atoms with Gasteiger partial charge < -0.3 is 9.72 Å². The van der Waals surface area contributed by atoms with Crippen molar-refractivity contribution >= 4 is 21.6 Å². The Labute approximate surface area is 128 Å². The fraction of sp³-hybridized carbons (Fsp3) is 0.308. The van der Waals surface area contributed by atoms with Crippen LogP contribution in [0.15, 0.2) is 29.3 Å². The average molecular weight is 330 g/mol. The summed E-state index contributed by atoms with van der Waals surface area (Å²) in [4.78, 5) is 7.13. The zero-order valence-electron chi connectivity index (χ0n) is 11.7. The molecule has 0 saturated carbocycles. The van der Waals surface area contributed by atoms with Crippen molar-refractivity contribution in [3.8, 4) is 5.75 Å². The molecule has 0 atom stereocenters. The van der Waals surface area contributed by atoms with Gasteiger partial charge in [-0.25, -0.2) is 18.1 Å². The highest BCUT2D eigenvalue weighted by Crippen LogP contribution is 2.26. The van der Waals surface area contributed by atoms with Crippen LogP contribution in [0.2, 0.25) is 5.02 Å². The maximum atomic E-state index is 12.3. The molecule has 2 aromatic rings. The molecule has 0 fully saturated rings. The highest BCUT2D eigenvalue weighted by molar-refractivity contribution is 7.89. The molecule has 0 aliphatic rings. The van der Waals surface area contributed by atoms with Gasteiger partial charge >= 0.3 is 0 Å². The van der Waals surface area contributed by atoms with Gasteiger partial charge in [-0.3, -0.25) is 0 Å². The number of hydrogen-bond acceptors (Lipinski definition) is 4. The predicted molar refractivity (Wildman–Crippen MR) is 80.2 cm³/mol. The van der Waals surface area contributed by atoms with E-state index in [4.69, 9.17) is 16.3 Å². The predicted octanol–water partition coefficient (Wildman–Crippen LogP) is 1.90. The van der Waals surface area contributed by atoms with E-state index in [1.807, 2.05) is 6.92 Å². The lowest BCUT2D eigenvalue weighted by atomic mass is 10.3. The number of methoxy groups -OCH3 is 1. The van der Waals surface area contributed by atoms with E-state index in [1.54, 1.807) is 12.3 Å². The number of aryl methyl sites for hydroxylation is 1. The average Bonchev–Trinajstić information content (AvgIpc) is 2.84. The topological polar surface area (TPSA) is 84.1 Å². The third-order valence-corrected chi connectivity index (χ3v) is 4.57. The smallest absolute Gasteiger partial charge is 0.244 e. The Kier molecular flexibility index (Phi) is 4.87. The fourth-order valence-corrected chi connectivity index (χ4v) is 3.32. The Bertz CT molecular complexity index is 728. The van der Waals surface area contributed by atoms with Gasteiger partial charge in [0.05, 0.1) is 7.11 Å². The molecule has 1 heterocycles. The maximum absolute atomic E-state index is 12.3. The third kappa shape index (κ3) is 3.96. The number of hydrogen-bond donors (Lipinski definition) is 2. The van der Waals surface area contributed by atoms with Crippen LogP contribution >= 0.6 is 11.6 Å². The summed E-state index contributed by atoms with van der Waals surface area (Å²) in [5.74, 6) is 1.05. The van der Waals surface area contributed by atoms with Gasteiger partial charge in [0.15, 0.2) is 0 Å². The summed E-state index contributed by atoms with van der Waals surface area (Å²) in [6, 6.07) is 4.46. The van der Waals surface area contributed by atoms with E-state index >= 15 is 0 Å². The molecule has 2 N–H and O–H groups in total. The zero-order valence-corrected chi connectivity index (χ0v) is 13.3. The van der Waals surface area contributed by atoms with Crippen LogP contribution < -0.4 is 9.46 Å². The minimum Gasteiger partial charge on any atom is -0.495 e. The zero-order chi connectivity index (χ0) is 15.5. The molecule has 0 aliphatic heterocycles. The molecule has 8 heteroatoms. The van der Waals surface area contributed by atoms with Gasteiger partial charge in [0.25, 0.3) is 0 Å². The monoisotopic (exact) mass is 329 g/mol. The van der Waals surface area contributed by atoms with Crippen molar-refractivity contribution in [2.45, 2.75) is 18.2 Å². The van der Waals surface area contributed by atoms with E-state index in [1.165, 1.54) is 19.2 Å². The number of benzene rings is 1. The van der Waals surface area contributed by atoms with E-state index in [0.717, 1.165) is 11.5 Å². The molecule has 0 radical (unpaired) electrons. The Morgan fingerprint density at radius 1 is 1.43 bits per heavy atom. The van der Waals surface area contributed by atoms with E-state index < -0.39 is 10.0 Å². The molecule has 1 aromatic carbocycles. The Balaban J connectivity index is 2.09. The summed E-state index contributed by atoms with van der Waals surface area (Å²) in [6.07, 6.45) is 2.20. The highest BCUT2D eigenvalue weighted by atomic mass is 35.5. The fourth-order valence-electron chi connectivity index (χ4n) is 1.86. The molecule has 0 unspecified atom stereocenters. The summed E-state index contributed by atoms with van der Waals surface area (Å²) in [5.41, 5.74) is 0.869. The molecule has 21 heavy (non-hydrogen) atoms. The number of imidazole rings is 1. The van der Waals surface area contributed by atoms with Crippen molar-refractivity contribution < 1.29 is 13.2 Å². The van der Waals surface area contributed by atoms with Crippen molar-refractivity contribution in [2.24, 2.45) is 0 Å². The van der Waals surface area contributed by atoms with Crippen molar-refractivity contribution in [3.63, 3.8) is 0 Å². The van der Waals surface area contributed by atoms with Crippen LogP contribution in [0.5, 0.6) is 5.75 Å². The summed E-state index contributed by atoms with van der Waals surface area (Å²) in [7, 11) is -2.27. The molecule has 0 saturated heterocycles. The summed E-state index contributed by atoms with van der Waals surface area (Å²) in [6.45, 7) is 2.09. The first-order chi connectivity index (χ1) is 9.92. The highest BCUT2D eigenvalue weighted by Gasteiger charge is 2.19. The summed E-state index contributed by atoms with van der Waals surface area (Å²) in [5, 5.41) is 0.334. The molecule has 6 nitrogen and oxygen atoms in total. The van der Waals surface area contributed by atoms with Crippen molar-refractivity contribution in [1.82, 2.24) is 14.7 Å². The number of halogens is 1. The van der Waals surface area contributed by atoms with Crippen molar-refractivity contribution in [1.29, 1.82) is 0 Å². The molecule has 0 amide bonds. The lowest BCUT2D eigenvalue weighted by molar-refractivity contribution is 0.402. The number of nitrogens with zero attached hydrogens (tertiary/aromatic N) is 1. The first-order valence-corrected chi connectivity index (χ1v) is 8.12. The van der Waals surface area contributed by atoms with Crippen molar-refractivity contribution in [3.05, 3.63) is 40.9 Å². The number of rotatable bonds is 6. The lowest BCUT2D eigenvalue weighted by Crippen LogP contribution is -2.26. The largest absolute Gasteiger partial charge is 0.495 e. The molecular weight excluding hydrogens is 314 g/mol. The number of aromatic amines is 1. The van der Waals surface area contributed by atoms with Crippen LogP contribution in [-0.4, -0.2) is 32.0 Å². The Morgan fingerprint density at radius 3 is 2.81 bits per heavy atom. The molecule has 0 spiro atoms. The normalized spacial score (nSPS) is 11.6. The number of sulfonamides is 1. The van der Waals surface area contributed by atoms with Gasteiger partial charge in [0.2, 0.25) is 10.0 Å². The molecule has 0 bridgehead atoms.